The summed E-state index contributed by atoms with van der Waals surface area (Å²) in [4.78, 5) is 23.4. The fourth-order valence-corrected chi connectivity index (χ4v) is 6.19. The van der Waals surface area contributed by atoms with E-state index in [1.165, 1.54) is 161 Å². The highest BCUT2D eigenvalue weighted by molar-refractivity contribution is 5.69. The molecule has 0 aliphatic rings. The molecule has 0 spiro atoms. The van der Waals surface area contributed by atoms with Crippen molar-refractivity contribution in [2.24, 2.45) is 0 Å². The Hall–Kier alpha value is -1.06. The maximum absolute atomic E-state index is 12.5. The highest BCUT2D eigenvalue weighted by atomic mass is 16.5. The van der Waals surface area contributed by atoms with Crippen molar-refractivity contribution < 1.29 is 19.4 Å². The number of esters is 1. The smallest absolute Gasteiger partial charge is 0.306 e. The number of rotatable bonds is 36. The molecule has 0 aromatic carbocycles. The molecule has 0 saturated carbocycles. The lowest BCUT2D eigenvalue weighted by Crippen LogP contribution is -2.18. The van der Waals surface area contributed by atoms with Gasteiger partial charge in [-0.25, -0.2) is 0 Å². The maximum Gasteiger partial charge on any atom is 0.306 e. The van der Waals surface area contributed by atoms with Crippen LogP contribution in [0.2, 0.25) is 0 Å². The minimum absolute atomic E-state index is 0.0368. The average molecular weight is 609 g/mol. The molecule has 0 aromatic rings. The molecule has 1 unspecified atom stereocenters. The van der Waals surface area contributed by atoms with Crippen LogP contribution >= 0.6 is 0 Å². The largest absolute Gasteiger partial charge is 0.481 e. The topological polar surface area (TPSA) is 63.6 Å². The molecule has 0 aliphatic heterocycles. The highest BCUT2D eigenvalue weighted by Crippen LogP contribution is 2.19. The third-order valence-corrected chi connectivity index (χ3v) is 9.08. The Kier molecular flexibility index (Phi) is 34.5. The van der Waals surface area contributed by atoms with Crippen LogP contribution in [0.1, 0.15) is 232 Å². The molecule has 0 bridgehead atoms. The van der Waals surface area contributed by atoms with E-state index < -0.39 is 5.97 Å². The number of aliphatic carboxylic acids is 1. The second-order valence-electron chi connectivity index (χ2n) is 13.5. The standard InChI is InChI=1S/C39H76O4/c1-3-5-7-9-11-13-15-17-18-19-20-21-23-25-27-29-33-37(34-31-32-35-38(40)41)43-39(42)36-30-28-26-24-22-16-14-12-10-8-6-4-2/h37H,3-36H2,1-2H3,(H,40,41). The molecule has 1 N–H and O–H groups in total. The van der Waals surface area contributed by atoms with E-state index >= 15 is 0 Å². The van der Waals surface area contributed by atoms with Gasteiger partial charge in [0.1, 0.15) is 6.10 Å². The molecule has 43 heavy (non-hydrogen) atoms. The predicted octanol–water partition coefficient (Wildman–Crippen LogP) is 13.3. The first-order valence-electron chi connectivity index (χ1n) is 19.5. The third-order valence-electron chi connectivity index (χ3n) is 9.08. The van der Waals surface area contributed by atoms with Crippen LogP contribution in [0.3, 0.4) is 0 Å². The van der Waals surface area contributed by atoms with E-state index in [2.05, 4.69) is 13.8 Å². The number of hydrogen-bond donors (Lipinski definition) is 1. The van der Waals surface area contributed by atoms with Crippen LogP contribution in [0.25, 0.3) is 0 Å². The fraction of sp³-hybridized carbons (Fsp3) is 0.949. The van der Waals surface area contributed by atoms with Crippen LogP contribution in [0.15, 0.2) is 0 Å². The van der Waals surface area contributed by atoms with Gasteiger partial charge in [-0.3, -0.25) is 9.59 Å². The lowest BCUT2D eigenvalue weighted by molar-refractivity contribution is -0.150. The van der Waals surface area contributed by atoms with Crippen molar-refractivity contribution in [3.63, 3.8) is 0 Å². The summed E-state index contributed by atoms with van der Waals surface area (Å²) in [6, 6.07) is 0. The Labute approximate surface area is 269 Å². The molecule has 0 saturated heterocycles. The van der Waals surface area contributed by atoms with Crippen molar-refractivity contribution >= 4 is 11.9 Å². The molecule has 0 aromatic heterocycles. The summed E-state index contributed by atoms with van der Waals surface area (Å²) in [6.07, 6.45) is 41.2. The van der Waals surface area contributed by atoms with Crippen molar-refractivity contribution in [2.45, 2.75) is 238 Å². The summed E-state index contributed by atoms with van der Waals surface area (Å²) in [6.45, 7) is 4.55. The molecule has 0 amide bonds. The minimum atomic E-state index is -0.738. The van der Waals surface area contributed by atoms with Gasteiger partial charge in [-0.05, 0) is 38.5 Å². The quantitative estimate of drug-likeness (QED) is 0.0567. The van der Waals surface area contributed by atoms with E-state index in [1.54, 1.807) is 0 Å². The zero-order valence-electron chi connectivity index (χ0n) is 29.3. The van der Waals surface area contributed by atoms with Gasteiger partial charge in [-0.2, -0.15) is 0 Å². The van der Waals surface area contributed by atoms with E-state index in [0.29, 0.717) is 12.8 Å². The van der Waals surface area contributed by atoms with Crippen LogP contribution in [0.5, 0.6) is 0 Å². The summed E-state index contributed by atoms with van der Waals surface area (Å²) in [7, 11) is 0. The van der Waals surface area contributed by atoms with Crippen LogP contribution in [0, 0.1) is 0 Å². The summed E-state index contributed by atoms with van der Waals surface area (Å²) >= 11 is 0. The minimum Gasteiger partial charge on any atom is -0.481 e. The predicted molar refractivity (Wildman–Crippen MR) is 186 cm³/mol. The monoisotopic (exact) mass is 609 g/mol. The molecule has 0 fully saturated rings. The highest BCUT2D eigenvalue weighted by Gasteiger charge is 2.14. The zero-order chi connectivity index (χ0) is 31.5. The molecule has 0 radical (unpaired) electrons. The summed E-state index contributed by atoms with van der Waals surface area (Å²) in [5.74, 6) is -0.787. The first kappa shape index (κ1) is 41.9. The Morgan fingerprint density at radius 3 is 1.05 bits per heavy atom. The van der Waals surface area contributed by atoms with E-state index in [-0.39, 0.29) is 18.5 Å². The lowest BCUT2D eigenvalue weighted by atomic mass is 10.0. The molecule has 0 rings (SSSR count). The maximum atomic E-state index is 12.5. The molecular weight excluding hydrogens is 532 g/mol. The second-order valence-corrected chi connectivity index (χ2v) is 13.5. The van der Waals surface area contributed by atoms with Gasteiger partial charge in [0.2, 0.25) is 0 Å². The van der Waals surface area contributed by atoms with Gasteiger partial charge in [-0.15, -0.1) is 0 Å². The van der Waals surface area contributed by atoms with Crippen molar-refractivity contribution in [3.8, 4) is 0 Å². The molecule has 0 heterocycles. The number of ether oxygens (including phenoxy) is 1. The molecule has 1 atom stereocenters. The van der Waals surface area contributed by atoms with Crippen molar-refractivity contribution in [1.29, 1.82) is 0 Å². The van der Waals surface area contributed by atoms with Crippen molar-refractivity contribution in [1.82, 2.24) is 0 Å². The van der Waals surface area contributed by atoms with E-state index in [0.717, 1.165) is 38.5 Å². The van der Waals surface area contributed by atoms with Gasteiger partial charge >= 0.3 is 11.9 Å². The Bertz CT molecular complexity index is 576. The second kappa shape index (κ2) is 35.4. The zero-order valence-corrected chi connectivity index (χ0v) is 29.3. The Morgan fingerprint density at radius 1 is 0.419 bits per heavy atom. The number of hydrogen-bond acceptors (Lipinski definition) is 3. The molecule has 256 valence electrons. The van der Waals surface area contributed by atoms with Crippen LogP contribution in [0.4, 0.5) is 0 Å². The van der Waals surface area contributed by atoms with E-state index in [1.807, 2.05) is 0 Å². The third kappa shape index (κ3) is 35.3. The number of unbranched alkanes of at least 4 members (excludes halogenated alkanes) is 27. The van der Waals surface area contributed by atoms with Crippen molar-refractivity contribution in [3.05, 3.63) is 0 Å². The molecule has 0 aliphatic carbocycles. The first-order chi connectivity index (χ1) is 21.1. The van der Waals surface area contributed by atoms with Gasteiger partial charge in [0.05, 0.1) is 0 Å². The van der Waals surface area contributed by atoms with E-state index in [9.17, 15) is 9.59 Å². The van der Waals surface area contributed by atoms with Gasteiger partial charge in [0.15, 0.2) is 0 Å². The van der Waals surface area contributed by atoms with Gasteiger partial charge in [0.25, 0.3) is 0 Å². The van der Waals surface area contributed by atoms with Crippen LogP contribution in [-0.4, -0.2) is 23.1 Å². The summed E-state index contributed by atoms with van der Waals surface area (Å²) in [5.41, 5.74) is 0. The summed E-state index contributed by atoms with van der Waals surface area (Å²) in [5, 5.41) is 8.94. The number of carbonyl (C=O) groups is 2. The Morgan fingerprint density at radius 2 is 0.698 bits per heavy atom. The SMILES string of the molecule is CCCCCCCCCCCCCCCCCCC(CCCCC(=O)O)OC(=O)CCCCCCCCCCCCCC. The van der Waals surface area contributed by atoms with Crippen LogP contribution < -0.4 is 0 Å². The number of carboxylic acids is 1. The molecular formula is C39H76O4. The average Bonchev–Trinajstić information content (AvgIpc) is 2.99. The first-order valence-corrected chi connectivity index (χ1v) is 19.5. The van der Waals surface area contributed by atoms with E-state index in [4.69, 9.17) is 9.84 Å². The van der Waals surface area contributed by atoms with Crippen molar-refractivity contribution in [2.75, 3.05) is 0 Å². The lowest BCUT2D eigenvalue weighted by Gasteiger charge is -2.18. The van der Waals surface area contributed by atoms with Gasteiger partial charge < -0.3 is 9.84 Å². The number of carboxylic acid groups (broad SMARTS) is 1. The van der Waals surface area contributed by atoms with Gasteiger partial charge in [0, 0.05) is 12.8 Å². The fourth-order valence-electron chi connectivity index (χ4n) is 6.19. The summed E-state index contributed by atoms with van der Waals surface area (Å²) < 4.78 is 5.90. The molecule has 4 nitrogen and oxygen atoms in total. The van der Waals surface area contributed by atoms with Gasteiger partial charge in [-0.1, -0.05) is 181 Å². The molecule has 4 heteroatoms. The normalized spacial score (nSPS) is 12.0. The van der Waals surface area contributed by atoms with Crippen LogP contribution in [-0.2, 0) is 14.3 Å². The Balaban J connectivity index is 3.84. The number of carbonyl (C=O) groups excluding carboxylic acids is 1.